The highest BCUT2D eigenvalue weighted by atomic mass is 79.9. The van der Waals surface area contributed by atoms with E-state index in [1.807, 2.05) is 18.2 Å². The van der Waals surface area contributed by atoms with Crippen LogP contribution < -0.4 is 0 Å². The van der Waals surface area contributed by atoms with Crippen LogP contribution in [0.4, 0.5) is 0 Å². The fourth-order valence-electron chi connectivity index (χ4n) is 3.28. The van der Waals surface area contributed by atoms with Gasteiger partial charge < -0.3 is 5.11 Å². The molecule has 3 heteroatoms. The van der Waals surface area contributed by atoms with Crippen LogP contribution in [0, 0.1) is 5.92 Å². The molecule has 1 N–H and O–H groups in total. The lowest BCUT2D eigenvalue weighted by Crippen LogP contribution is -2.14. The molecule has 0 saturated heterocycles. The van der Waals surface area contributed by atoms with E-state index in [2.05, 4.69) is 28.1 Å². The highest BCUT2D eigenvalue weighted by Gasteiger charge is 2.16. The summed E-state index contributed by atoms with van der Waals surface area (Å²) < 4.78 is 0. The van der Waals surface area contributed by atoms with Crippen LogP contribution in [0.1, 0.15) is 82.6 Å². The molecule has 0 aliphatic heterocycles. The summed E-state index contributed by atoms with van der Waals surface area (Å²) in [6, 6.07) is 10.2. The summed E-state index contributed by atoms with van der Waals surface area (Å²) in [6.45, 7) is 0. The summed E-state index contributed by atoms with van der Waals surface area (Å²) in [7, 11) is 0. The van der Waals surface area contributed by atoms with Gasteiger partial charge in [0.1, 0.15) is 0 Å². The third kappa shape index (κ3) is 12.2. The average molecular weight is 411 g/mol. The number of alkyl halides is 1. The molecule has 0 fully saturated rings. The molecule has 0 aliphatic rings. The second kappa shape index (κ2) is 15.4. The first-order valence-electron chi connectivity index (χ1n) is 10.1. The van der Waals surface area contributed by atoms with Crippen LogP contribution in [0.5, 0.6) is 0 Å². The van der Waals surface area contributed by atoms with Crippen molar-refractivity contribution in [2.45, 2.75) is 83.5 Å². The first-order valence-corrected chi connectivity index (χ1v) is 11.2. The summed E-state index contributed by atoms with van der Waals surface area (Å²) >= 11 is 3.47. The van der Waals surface area contributed by atoms with Gasteiger partial charge in [0.2, 0.25) is 0 Å². The van der Waals surface area contributed by atoms with Crippen molar-refractivity contribution >= 4 is 21.9 Å². The van der Waals surface area contributed by atoms with E-state index < -0.39 is 5.97 Å². The molecule has 0 aliphatic carbocycles. The number of aliphatic carboxylic acids is 1. The standard InChI is InChI=1S/C22H35BrO2/c23-19-13-8-6-4-2-1-3-5-7-12-16-21(22(24)25)18-17-20-14-10-9-11-15-20/h9-11,14-15,21H,1-8,12-13,16-19H2,(H,24,25). The molecule has 1 unspecified atom stereocenters. The zero-order valence-electron chi connectivity index (χ0n) is 15.6. The van der Waals surface area contributed by atoms with Crippen LogP contribution in [0.25, 0.3) is 0 Å². The fraction of sp³-hybridized carbons (Fsp3) is 0.682. The van der Waals surface area contributed by atoms with E-state index in [1.54, 1.807) is 0 Å². The predicted molar refractivity (Wildman–Crippen MR) is 110 cm³/mol. The molecule has 142 valence electrons. The highest BCUT2D eigenvalue weighted by Crippen LogP contribution is 2.18. The normalized spacial score (nSPS) is 12.2. The lowest BCUT2D eigenvalue weighted by Gasteiger charge is -2.12. The minimum Gasteiger partial charge on any atom is -0.481 e. The van der Waals surface area contributed by atoms with Crippen LogP contribution in [0.3, 0.4) is 0 Å². The van der Waals surface area contributed by atoms with Gasteiger partial charge in [0.15, 0.2) is 0 Å². The molecule has 1 atom stereocenters. The number of carboxylic acids is 1. The quantitative estimate of drug-likeness (QED) is 0.235. The van der Waals surface area contributed by atoms with Crippen molar-refractivity contribution in [3.8, 4) is 0 Å². The zero-order valence-corrected chi connectivity index (χ0v) is 17.2. The Hall–Kier alpha value is -0.830. The Bertz CT molecular complexity index is 433. The molecule has 0 saturated carbocycles. The Morgan fingerprint density at radius 2 is 1.32 bits per heavy atom. The van der Waals surface area contributed by atoms with Crippen molar-refractivity contribution in [2.75, 3.05) is 5.33 Å². The second-order valence-electron chi connectivity index (χ2n) is 7.07. The lowest BCUT2D eigenvalue weighted by atomic mass is 9.94. The van der Waals surface area contributed by atoms with Gasteiger partial charge in [0.05, 0.1) is 5.92 Å². The predicted octanol–water partition coefficient (Wildman–Crippen LogP) is 7.01. The van der Waals surface area contributed by atoms with Crippen molar-refractivity contribution < 1.29 is 9.90 Å². The molecule has 1 aromatic rings. The molecule has 1 aromatic carbocycles. The molecule has 2 nitrogen and oxygen atoms in total. The van der Waals surface area contributed by atoms with Crippen LogP contribution in [-0.2, 0) is 11.2 Å². The van der Waals surface area contributed by atoms with Crippen molar-refractivity contribution in [1.29, 1.82) is 0 Å². The molecular weight excluding hydrogens is 376 g/mol. The number of rotatable bonds is 16. The van der Waals surface area contributed by atoms with Gasteiger partial charge in [-0.15, -0.1) is 0 Å². The summed E-state index contributed by atoms with van der Waals surface area (Å²) in [5.74, 6) is -0.811. The summed E-state index contributed by atoms with van der Waals surface area (Å²) in [5.41, 5.74) is 1.24. The molecule has 0 bridgehead atoms. The largest absolute Gasteiger partial charge is 0.481 e. The molecule has 0 spiro atoms. The minimum absolute atomic E-state index is 0.186. The maximum absolute atomic E-state index is 11.4. The molecule has 0 heterocycles. The highest BCUT2D eigenvalue weighted by molar-refractivity contribution is 9.09. The second-order valence-corrected chi connectivity index (χ2v) is 7.87. The zero-order chi connectivity index (χ0) is 18.2. The van der Waals surface area contributed by atoms with Gasteiger partial charge in [-0.1, -0.05) is 104 Å². The Balaban J connectivity index is 2.01. The van der Waals surface area contributed by atoms with Crippen LogP contribution in [0.15, 0.2) is 30.3 Å². The Morgan fingerprint density at radius 1 is 0.800 bits per heavy atom. The topological polar surface area (TPSA) is 37.3 Å². The summed E-state index contributed by atoms with van der Waals surface area (Å²) in [6.07, 6.45) is 15.3. The number of hydrogen-bond donors (Lipinski definition) is 1. The number of unbranched alkanes of at least 4 members (excludes halogenated alkanes) is 9. The van der Waals surface area contributed by atoms with E-state index in [-0.39, 0.29) is 5.92 Å². The molecule has 1 rings (SSSR count). The van der Waals surface area contributed by atoms with Crippen molar-refractivity contribution in [3.05, 3.63) is 35.9 Å². The fourth-order valence-corrected chi connectivity index (χ4v) is 3.67. The Labute approximate surface area is 162 Å². The van der Waals surface area contributed by atoms with E-state index in [0.717, 1.165) is 31.0 Å². The van der Waals surface area contributed by atoms with Gasteiger partial charge >= 0.3 is 5.97 Å². The number of benzene rings is 1. The number of aryl methyl sites for hydroxylation is 1. The third-order valence-electron chi connectivity index (χ3n) is 4.91. The van der Waals surface area contributed by atoms with Gasteiger partial charge in [0, 0.05) is 5.33 Å². The molecule has 25 heavy (non-hydrogen) atoms. The monoisotopic (exact) mass is 410 g/mol. The molecule has 0 aromatic heterocycles. The van der Waals surface area contributed by atoms with Gasteiger partial charge in [-0.25, -0.2) is 0 Å². The van der Waals surface area contributed by atoms with Crippen LogP contribution >= 0.6 is 15.9 Å². The van der Waals surface area contributed by atoms with Gasteiger partial charge in [0.25, 0.3) is 0 Å². The van der Waals surface area contributed by atoms with Crippen LogP contribution in [-0.4, -0.2) is 16.4 Å². The number of carbonyl (C=O) groups is 1. The SMILES string of the molecule is O=C(O)C(CCCCCCCCCCCCBr)CCc1ccccc1. The smallest absolute Gasteiger partial charge is 0.306 e. The van der Waals surface area contributed by atoms with E-state index in [9.17, 15) is 9.90 Å². The van der Waals surface area contributed by atoms with E-state index in [4.69, 9.17) is 0 Å². The molecule has 0 radical (unpaired) electrons. The minimum atomic E-state index is -0.626. The van der Waals surface area contributed by atoms with Crippen molar-refractivity contribution in [3.63, 3.8) is 0 Å². The van der Waals surface area contributed by atoms with E-state index in [1.165, 1.54) is 63.4 Å². The van der Waals surface area contributed by atoms with Gasteiger partial charge in [-0.2, -0.15) is 0 Å². The first-order chi connectivity index (χ1) is 12.2. The number of hydrogen-bond acceptors (Lipinski definition) is 1. The van der Waals surface area contributed by atoms with Crippen molar-refractivity contribution in [2.24, 2.45) is 5.92 Å². The van der Waals surface area contributed by atoms with Gasteiger partial charge in [-0.3, -0.25) is 4.79 Å². The first kappa shape index (κ1) is 22.2. The maximum Gasteiger partial charge on any atom is 0.306 e. The summed E-state index contributed by atoms with van der Waals surface area (Å²) in [5, 5.41) is 10.5. The van der Waals surface area contributed by atoms with E-state index in [0.29, 0.717) is 0 Å². The lowest BCUT2D eigenvalue weighted by molar-refractivity contribution is -0.142. The van der Waals surface area contributed by atoms with Crippen molar-refractivity contribution in [1.82, 2.24) is 0 Å². The van der Waals surface area contributed by atoms with Gasteiger partial charge in [-0.05, 0) is 31.2 Å². The number of carboxylic acid groups (broad SMARTS) is 1. The molecular formula is C22H35BrO2. The third-order valence-corrected chi connectivity index (χ3v) is 5.47. The Morgan fingerprint density at radius 3 is 1.84 bits per heavy atom. The molecule has 0 amide bonds. The maximum atomic E-state index is 11.4. The number of halogens is 1. The summed E-state index contributed by atoms with van der Waals surface area (Å²) in [4.78, 5) is 11.4. The Kier molecular flexibility index (Phi) is 13.7. The average Bonchev–Trinajstić information content (AvgIpc) is 2.62. The van der Waals surface area contributed by atoms with Crippen LogP contribution in [0.2, 0.25) is 0 Å². The van der Waals surface area contributed by atoms with E-state index >= 15 is 0 Å².